The molecule has 3 heteroatoms. The number of nitrogens with one attached hydrogen (secondary N) is 1. The Morgan fingerprint density at radius 2 is 2.17 bits per heavy atom. The van der Waals surface area contributed by atoms with Crippen molar-refractivity contribution in [2.24, 2.45) is 11.8 Å². The van der Waals surface area contributed by atoms with Crippen molar-refractivity contribution in [3.63, 3.8) is 0 Å². The highest BCUT2D eigenvalue weighted by Crippen LogP contribution is 2.32. The highest BCUT2D eigenvalue weighted by atomic mass is 16.2. The van der Waals surface area contributed by atoms with Crippen molar-refractivity contribution in [3.05, 3.63) is 0 Å². The summed E-state index contributed by atoms with van der Waals surface area (Å²) in [6.07, 6.45) is 2.36. The monoisotopic (exact) mass is 166 g/mol. The first kappa shape index (κ1) is 6.89. The average molecular weight is 166 g/mol. The zero-order chi connectivity index (χ0) is 8.13. The topological polar surface area (TPSA) is 32.3 Å². The molecule has 4 aliphatic heterocycles. The van der Waals surface area contributed by atoms with Gasteiger partial charge in [-0.2, -0.15) is 0 Å². The molecule has 66 valence electrons. The summed E-state index contributed by atoms with van der Waals surface area (Å²) in [4.78, 5) is 14.0. The van der Waals surface area contributed by atoms with Crippen LogP contribution in [0.3, 0.4) is 0 Å². The van der Waals surface area contributed by atoms with E-state index in [2.05, 4.69) is 10.2 Å². The highest BCUT2D eigenvalue weighted by molar-refractivity contribution is 5.80. The molecule has 4 saturated heterocycles. The minimum absolute atomic E-state index is 0.302. The van der Waals surface area contributed by atoms with E-state index in [1.807, 2.05) is 0 Å². The lowest BCUT2D eigenvalue weighted by molar-refractivity contribution is -0.125. The fraction of sp³-hybridized carbons (Fsp3) is 0.889. The van der Waals surface area contributed by atoms with Crippen LogP contribution in [0.2, 0.25) is 0 Å². The first-order chi connectivity index (χ1) is 5.81. The number of piperidine rings is 2. The normalized spacial score (nSPS) is 50.5. The van der Waals surface area contributed by atoms with E-state index in [9.17, 15) is 4.79 Å². The Morgan fingerprint density at radius 3 is 3.00 bits per heavy atom. The standard InChI is InChI=1S/C9H14N2O/c12-9-7-1-6-2-8(10-9)5-11(3-6)4-7/h6-8H,1-5H2,(H,10,12). The van der Waals surface area contributed by atoms with Crippen LogP contribution >= 0.6 is 0 Å². The number of fused-ring (bicyclic) bond motifs is 1. The molecule has 4 atom stereocenters. The number of carbonyl (C=O) groups excluding carboxylic acids is 1. The van der Waals surface area contributed by atoms with Gasteiger partial charge in [0.1, 0.15) is 0 Å². The minimum atomic E-state index is 0.302. The Labute approximate surface area is 72.1 Å². The second-order valence-corrected chi connectivity index (χ2v) is 4.46. The first-order valence-corrected chi connectivity index (χ1v) is 4.84. The average Bonchev–Trinajstić information content (AvgIpc) is 2.16. The van der Waals surface area contributed by atoms with Crippen LogP contribution in [0, 0.1) is 11.8 Å². The summed E-state index contributed by atoms with van der Waals surface area (Å²) in [6.45, 7) is 3.35. The van der Waals surface area contributed by atoms with E-state index in [0.717, 1.165) is 25.4 Å². The number of hydrogen-bond donors (Lipinski definition) is 1. The minimum Gasteiger partial charge on any atom is -0.352 e. The molecule has 0 aromatic heterocycles. The molecule has 4 unspecified atom stereocenters. The smallest absolute Gasteiger partial charge is 0.224 e. The van der Waals surface area contributed by atoms with Crippen LogP contribution in [0.25, 0.3) is 0 Å². The molecule has 0 aromatic rings. The van der Waals surface area contributed by atoms with Gasteiger partial charge in [0.15, 0.2) is 0 Å². The molecule has 4 bridgehead atoms. The van der Waals surface area contributed by atoms with Gasteiger partial charge in [0.2, 0.25) is 5.91 Å². The zero-order valence-corrected chi connectivity index (χ0v) is 7.12. The number of amides is 1. The first-order valence-electron chi connectivity index (χ1n) is 4.84. The van der Waals surface area contributed by atoms with Crippen molar-refractivity contribution >= 4 is 5.91 Å². The summed E-state index contributed by atoms with van der Waals surface area (Å²) < 4.78 is 0. The van der Waals surface area contributed by atoms with Gasteiger partial charge >= 0.3 is 0 Å². The summed E-state index contributed by atoms with van der Waals surface area (Å²) in [6, 6.07) is 0.462. The van der Waals surface area contributed by atoms with Gasteiger partial charge in [0, 0.05) is 25.7 Å². The zero-order valence-electron chi connectivity index (χ0n) is 7.12. The molecule has 4 aliphatic rings. The molecule has 3 nitrogen and oxygen atoms in total. The molecule has 0 aromatic carbocycles. The van der Waals surface area contributed by atoms with Crippen molar-refractivity contribution in [2.75, 3.05) is 19.6 Å². The van der Waals surface area contributed by atoms with E-state index in [1.54, 1.807) is 0 Å². The lowest BCUT2D eigenvalue weighted by atomic mass is 9.84. The van der Waals surface area contributed by atoms with Gasteiger partial charge in [-0.15, -0.1) is 0 Å². The molecule has 0 aliphatic carbocycles. The second-order valence-electron chi connectivity index (χ2n) is 4.46. The fourth-order valence-electron chi connectivity index (χ4n) is 3.02. The molecular formula is C9H14N2O. The van der Waals surface area contributed by atoms with E-state index >= 15 is 0 Å². The maximum Gasteiger partial charge on any atom is 0.224 e. The van der Waals surface area contributed by atoms with Gasteiger partial charge in [-0.1, -0.05) is 0 Å². The summed E-state index contributed by atoms with van der Waals surface area (Å²) in [5, 5.41) is 3.12. The van der Waals surface area contributed by atoms with E-state index in [4.69, 9.17) is 0 Å². The van der Waals surface area contributed by atoms with Crippen LogP contribution in [-0.2, 0) is 4.79 Å². The number of rotatable bonds is 0. The van der Waals surface area contributed by atoms with Gasteiger partial charge in [-0.05, 0) is 18.8 Å². The number of hydrogen-bond acceptors (Lipinski definition) is 2. The Balaban J connectivity index is 1.95. The summed E-state index contributed by atoms with van der Waals surface area (Å²) in [5.74, 6) is 1.40. The Hall–Kier alpha value is -0.570. The maximum atomic E-state index is 11.5. The predicted molar refractivity (Wildman–Crippen MR) is 44.6 cm³/mol. The van der Waals surface area contributed by atoms with E-state index < -0.39 is 0 Å². The molecule has 4 heterocycles. The molecule has 4 fully saturated rings. The van der Waals surface area contributed by atoms with Crippen molar-refractivity contribution in [2.45, 2.75) is 18.9 Å². The third kappa shape index (κ3) is 0.891. The van der Waals surface area contributed by atoms with Crippen LogP contribution in [-0.4, -0.2) is 36.5 Å². The summed E-state index contributed by atoms with van der Waals surface area (Å²) >= 11 is 0. The van der Waals surface area contributed by atoms with Crippen LogP contribution in [0.4, 0.5) is 0 Å². The molecule has 4 rings (SSSR count). The Morgan fingerprint density at radius 1 is 1.25 bits per heavy atom. The molecule has 12 heavy (non-hydrogen) atoms. The Kier molecular flexibility index (Phi) is 1.28. The third-order valence-electron chi connectivity index (χ3n) is 3.43. The highest BCUT2D eigenvalue weighted by Gasteiger charge is 2.41. The van der Waals surface area contributed by atoms with Crippen molar-refractivity contribution in [1.29, 1.82) is 0 Å². The number of carbonyl (C=O) groups is 1. The lowest BCUT2D eigenvalue weighted by Gasteiger charge is -2.39. The van der Waals surface area contributed by atoms with Crippen molar-refractivity contribution in [3.8, 4) is 0 Å². The van der Waals surface area contributed by atoms with Gasteiger partial charge in [-0.3, -0.25) is 4.79 Å². The van der Waals surface area contributed by atoms with Gasteiger partial charge in [-0.25, -0.2) is 0 Å². The number of nitrogens with zero attached hydrogens (tertiary/aromatic N) is 1. The summed E-state index contributed by atoms with van der Waals surface area (Å²) in [7, 11) is 0. The van der Waals surface area contributed by atoms with Gasteiger partial charge in [0.05, 0.1) is 5.92 Å². The van der Waals surface area contributed by atoms with Crippen molar-refractivity contribution in [1.82, 2.24) is 10.2 Å². The molecule has 0 spiro atoms. The molecular weight excluding hydrogens is 152 g/mol. The van der Waals surface area contributed by atoms with Crippen LogP contribution in [0.5, 0.6) is 0 Å². The second kappa shape index (κ2) is 2.22. The van der Waals surface area contributed by atoms with E-state index in [0.29, 0.717) is 17.9 Å². The third-order valence-corrected chi connectivity index (χ3v) is 3.43. The molecule has 1 amide bonds. The van der Waals surface area contributed by atoms with E-state index in [-0.39, 0.29) is 0 Å². The molecule has 1 N–H and O–H groups in total. The predicted octanol–water partition coefficient (Wildman–Crippen LogP) is -0.173. The van der Waals surface area contributed by atoms with Gasteiger partial charge in [0.25, 0.3) is 0 Å². The van der Waals surface area contributed by atoms with Gasteiger partial charge < -0.3 is 10.2 Å². The van der Waals surface area contributed by atoms with Crippen LogP contribution < -0.4 is 5.32 Å². The largest absolute Gasteiger partial charge is 0.352 e. The Bertz CT molecular complexity index is 215. The fourth-order valence-corrected chi connectivity index (χ4v) is 3.02. The van der Waals surface area contributed by atoms with E-state index in [1.165, 1.54) is 13.0 Å². The van der Waals surface area contributed by atoms with Crippen LogP contribution in [0.15, 0.2) is 0 Å². The molecule has 0 saturated carbocycles. The quantitative estimate of drug-likeness (QED) is 0.541. The lowest BCUT2D eigenvalue weighted by Crippen LogP contribution is -2.48. The maximum absolute atomic E-state index is 11.5. The van der Waals surface area contributed by atoms with Crippen molar-refractivity contribution < 1.29 is 4.79 Å². The van der Waals surface area contributed by atoms with Crippen LogP contribution in [0.1, 0.15) is 12.8 Å². The summed E-state index contributed by atoms with van der Waals surface area (Å²) in [5.41, 5.74) is 0. The SMILES string of the molecule is O=C1NC2CC3CC1CN(C3)C2. The molecule has 0 radical (unpaired) electrons.